The standard InChI is InChI=1S/C35H29N2S4/c1-22-17-26(28-9-11-32(40-28)30-7-5-15-38-30)18-23(2)34(22)36-13-14-37(21-36)35-24(3)19-27(20-25(35)4)29-10-12-33(41-29)31-8-6-16-39-31/h5-21H,1-4H3/q+1. The van der Waals surface area contributed by atoms with E-state index in [4.69, 9.17) is 0 Å². The van der Waals surface area contributed by atoms with Crippen LogP contribution in [-0.2, 0) is 0 Å². The molecular weight excluding hydrogens is 577 g/mol. The summed E-state index contributed by atoms with van der Waals surface area (Å²) in [6.07, 6.45) is 6.56. The van der Waals surface area contributed by atoms with E-state index in [0.717, 1.165) is 0 Å². The van der Waals surface area contributed by atoms with E-state index in [1.807, 2.05) is 22.7 Å². The number of benzene rings is 2. The average Bonchev–Trinajstić information content (AvgIpc) is 3.79. The van der Waals surface area contributed by atoms with Gasteiger partial charge in [0, 0.05) is 29.3 Å². The number of aryl methyl sites for hydroxylation is 4. The molecule has 2 aromatic carbocycles. The first-order valence-electron chi connectivity index (χ1n) is 13.6. The molecule has 0 bridgehead atoms. The van der Waals surface area contributed by atoms with Crippen LogP contribution in [0.4, 0.5) is 0 Å². The Bertz CT molecular complexity index is 1790. The zero-order chi connectivity index (χ0) is 28.1. The molecule has 5 aromatic heterocycles. The molecular formula is C35H29N2S4+. The van der Waals surface area contributed by atoms with Gasteiger partial charge in [-0.15, -0.1) is 45.3 Å². The highest BCUT2D eigenvalue weighted by molar-refractivity contribution is 7.23. The maximum atomic E-state index is 2.33. The molecule has 0 saturated heterocycles. The van der Waals surface area contributed by atoms with Gasteiger partial charge in [-0.2, -0.15) is 0 Å². The molecule has 0 aliphatic heterocycles. The molecule has 0 aliphatic rings. The third-order valence-electron chi connectivity index (χ3n) is 7.44. The smallest absolute Gasteiger partial charge is 0.202 e. The number of nitrogens with zero attached hydrogens (tertiary/aromatic N) is 2. The second-order valence-corrected chi connectivity index (χ2v) is 14.5. The van der Waals surface area contributed by atoms with Gasteiger partial charge in [-0.3, -0.25) is 0 Å². The van der Waals surface area contributed by atoms with Crippen LogP contribution in [0.2, 0.25) is 0 Å². The van der Waals surface area contributed by atoms with Crippen LogP contribution in [0.15, 0.2) is 102 Å². The van der Waals surface area contributed by atoms with Gasteiger partial charge < -0.3 is 0 Å². The summed E-state index contributed by atoms with van der Waals surface area (Å²) in [7, 11) is 0. The van der Waals surface area contributed by atoms with Crippen molar-refractivity contribution in [3.05, 3.63) is 125 Å². The van der Waals surface area contributed by atoms with Gasteiger partial charge in [-0.05, 0) is 132 Å². The minimum atomic E-state index is 1.24. The summed E-state index contributed by atoms with van der Waals surface area (Å²) in [4.78, 5) is 7.96. The van der Waals surface area contributed by atoms with E-state index >= 15 is 0 Å². The minimum absolute atomic E-state index is 1.24. The SMILES string of the molecule is Cc1cc(-c2ccc(-c3cccs3)s2)cc(C)c1-n1cc[n+](-c2c(C)cc(-c3ccc(-c4cccs4)s3)cc2C)c1. The van der Waals surface area contributed by atoms with Crippen LogP contribution in [-0.4, -0.2) is 4.57 Å². The first kappa shape index (κ1) is 26.4. The summed E-state index contributed by atoms with van der Waals surface area (Å²) in [6, 6.07) is 26.9. The molecule has 5 heterocycles. The number of thiophene rings is 4. The summed E-state index contributed by atoms with van der Waals surface area (Å²) in [5.74, 6) is 0. The largest absolute Gasteiger partial charge is 0.254 e. The van der Waals surface area contributed by atoms with Crippen LogP contribution in [0, 0.1) is 27.7 Å². The van der Waals surface area contributed by atoms with Gasteiger partial charge in [-0.1, -0.05) is 12.1 Å². The zero-order valence-electron chi connectivity index (χ0n) is 23.3. The molecule has 0 atom stereocenters. The van der Waals surface area contributed by atoms with E-state index in [1.54, 1.807) is 22.7 Å². The maximum Gasteiger partial charge on any atom is 0.254 e. The van der Waals surface area contributed by atoms with Gasteiger partial charge in [0.2, 0.25) is 0 Å². The van der Waals surface area contributed by atoms with E-state index in [0.29, 0.717) is 0 Å². The molecule has 6 heteroatoms. The molecule has 41 heavy (non-hydrogen) atoms. The lowest BCUT2D eigenvalue weighted by atomic mass is 10.0. The molecule has 0 saturated carbocycles. The molecule has 0 unspecified atom stereocenters. The predicted octanol–water partition coefficient (Wildman–Crippen LogP) is 10.9. The second-order valence-electron chi connectivity index (χ2n) is 10.4. The fourth-order valence-corrected chi connectivity index (χ4v) is 9.37. The third-order valence-corrected chi connectivity index (χ3v) is 11.8. The molecule has 0 radical (unpaired) electrons. The Hall–Kier alpha value is -3.55. The Labute approximate surface area is 257 Å². The van der Waals surface area contributed by atoms with E-state index in [1.165, 1.54) is 74.0 Å². The topological polar surface area (TPSA) is 8.81 Å². The highest BCUT2D eigenvalue weighted by Crippen LogP contribution is 2.39. The number of aromatic nitrogens is 2. The van der Waals surface area contributed by atoms with Crippen molar-refractivity contribution < 1.29 is 4.57 Å². The lowest BCUT2D eigenvalue weighted by molar-refractivity contribution is -0.595. The zero-order valence-corrected chi connectivity index (χ0v) is 26.6. The average molecular weight is 606 g/mol. The van der Waals surface area contributed by atoms with Gasteiger partial charge in [-0.25, -0.2) is 9.13 Å². The molecule has 0 N–H and O–H groups in total. The van der Waals surface area contributed by atoms with Crippen LogP contribution in [0.5, 0.6) is 0 Å². The molecule has 2 nitrogen and oxygen atoms in total. The third kappa shape index (κ3) is 4.95. The fraction of sp³-hybridized carbons (Fsp3) is 0.114. The van der Waals surface area contributed by atoms with Crippen LogP contribution in [0.3, 0.4) is 0 Å². The Balaban J connectivity index is 1.18. The highest BCUT2D eigenvalue weighted by atomic mass is 32.1. The van der Waals surface area contributed by atoms with Gasteiger partial charge in [0.05, 0.1) is 0 Å². The molecule has 0 amide bonds. The van der Waals surface area contributed by atoms with E-state index < -0.39 is 0 Å². The van der Waals surface area contributed by atoms with Crippen LogP contribution in [0.25, 0.3) is 51.8 Å². The fourth-order valence-electron chi connectivity index (χ4n) is 5.72. The van der Waals surface area contributed by atoms with Crippen LogP contribution in [0.1, 0.15) is 22.3 Å². The summed E-state index contributed by atoms with van der Waals surface area (Å²) >= 11 is 7.33. The van der Waals surface area contributed by atoms with Crippen molar-refractivity contribution in [1.29, 1.82) is 0 Å². The molecule has 7 aromatic rings. The Morgan fingerprint density at radius 3 is 1.54 bits per heavy atom. The highest BCUT2D eigenvalue weighted by Gasteiger charge is 2.19. The van der Waals surface area contributed by atoms with Crippen molar-refractivity contribution in [3.63, 3.8) is 0 Å². The van der Waals surface area contributed by atoms with E-state index in [-0.39, 0.29) is 0 Å². The molecule has 0 fully saturated rings. The first-order valence-corrected chi connectivity index (χ1v) is 16.9. The van der Waals surface area contributed by atoms with Crippen molar-refractivity contribution in [2.24, 2.45) is 0 Å². The van der Waals surface area contributed by atoms with Crippen molar-refractivity contribution in [3.8, 4) is 51.8 Å². The number of hydrogen-bond acceptors (Lipinski definition) is 4. The van der Waals surface area contributed by atoms with Crippen molar-refractivity contribution in [1.82, 2.24) is 4.57 Å². The first-order chi connectivity index (χ1) is 19.9. The normalized spacial score (nSPS) is 11.4. The van der Waals surface area contributed by atoms with Gasteiger partial charge in [0.1, 0.15) is 23.8 Å². The number of rotatable bonds is 6. The van der Waals surface area contributed by atoms with E-state index in [9.17, 15) is 0 Å². The van der Waals surface area contributed by atoms with Crippen LogP contribution < -0.4 is 4.57 Å². The lowest BCUT2D eigenvalue weighted by Crippen LogP contribution is -2.30. The van der Waals surface area contributed by atoms with Crippen molar-refractivity contribution in [2.75, 3.05) is 0 Å². The number of imidazole rings is 1. The Morgan fingerprint density at radius 2 is 1.05 bits per heavy atom. The molecule has 0 aliphatic carbocycles. The maximum absolute atomic E-state index is 2.33. The van der Waals surface area contributed by atoms with Gasteiger partial charge >= 0.3 is 0 Å². The molecule has 202 valence electrons. The molecule has 7 rings (SSSR count). The van der Waals surface area contributed by atoms with Gasteiger partial charge in [0.25, 0.3) is 6.33 Å². The summed E-state index contributed by atoms with van der Waals surface area (Å²) < 4.78 is 4.53. The van der Waals surface area contributed by atoms with Gasteiger partial charge in [0.15, 0.2) is 0 Å². The lowest BCUT2D eigenvalue weighted by Gasteiger charge is -2.10. The summed E-state index contributed by atoms with van der Waals surface area (Å²) in [5, 5.41) is 4.29. The van der Waals surface area contributed by atoms with Crippen LogP contribution >= 0.6 is 45.3 Å². The molecule has 0 spiro atoms. The Kier molecular flexibility index (Phi) is 6.87. The summed E-state index contributed by atoms with van der Waals surface area (Å²) in [5.41, 5.74) is 10.2. The Morgan fingerprint density at radius 1 is 0.561 bits per heavy atom. The van der Waals surface area contributed by atoms with Crippen molar-refractivity contribution in [2.45, 2.75) is 27.7 Å². The minimum Gasteiger partial charge on any atom is -0.202 e. The monoisotopic (exact) mass is 605 g/mol. The predicted molar refractivity (Wildman–Crippen MR) is 180 cm³/mol. The quantitative estimate of drug-likeness (QED) is 0.167. The second kappa shape index (κ2) is 10.7. The number of hydrogen-bond donors (Lipinski definition) is 0. The van der Waals surface area contributed by atoms with Crippen molar-refractivity contribution >= 4 is 45.3 Å². The summed E-state index contributed by atoms with van der Waals surface area (Å²) in [6.45, 7) is 8.89. The van der Waals surface area contributed by atoms with E-state index in [2.05, 4.69) is 139 Å².